The summed E-state index contributed by atoms with van der Waals surface area (Å²) in [5, 5.41) is 8.95. The topological polar surface area (TPSA) is 58.7 Å². The average molecular weight is 292 g/mol. The molecule has 4 heteroatoms. The molecule has 21 heavy (non-hydrogen) atoms. The largest absolute Gasteiger partial charge is 0.493 e. The van der Waals surface area contributed by atoms with Gasteiger partial charge in [-0.15, -0.1) is 0 Å². The van der Waals surface area contributed by atoms with Crippen molar-refractivity contribution in [2.75, 3.05) is 26.3 Å². The van der Waals surface area contributed by atoms with Crippen molar-refractivity contribution in [1.29, 1.82) is 0 Å². The maximum Gasteiger partial charge on any atom is 0.123 e. The van der Waals surface area contributed by atoms with Gasteiger partial charge in [-0.3, -0.25) is 0 Å². The van der Waals surface area contributed by atoms with E-state index in [1.807, 2.05) is 24.3 Å². The van der Waals surface area contributed by atoms with Crippen molar-refractivity contribution >= 4 is 0 Å². The van der Waals surface area contributed by atoms with Gasteiger partial charge in [-0.05, 0) is 44.7 Å². The second kappa shape index (κ2) is 9.03. The maximum atomic E-state index is 8.95. The van der Waals surface area contributed by atoms with Crippen LogP contribution in [-0.4, -0.2) is 42.4 Å². The molecule has 0 saturated carbocycles. The third-order valence-corrected chi connectivity index (χ3v) is 4.23. The first kappa shape index (κ1) is 16.3. The Bertz CT molecular complexity index is 412. The van der Waals surface area contributed by atoms with Crippen molar-refractivity contribution < 1.29 is 9.84 Å². The van der Waals surface area contributed by atoms with Gasteiger partial charge in [-0.2, -0.15) is 0 Å². The van der Waals surface area contributed by atoms with Crippen LogP contribution in [0.2, 0.25) is 0 Å². The zero-order valence-electron chi connectivity index (χ0n) is 12.8. The molecular formula is C17H28N2O2. The second-order valence-electron chi connectivity index (χ2n) is 5.71. The van der Waals surface area contributed by atoms with Crippen LogP contribution in [0.25, 0.3) is 0 Å². The number of likely N-dealkylation sites (tertiary alicyclic amines) is 1. The smallest absolute Gasteiger partial charge is 0.123 e. The van der Waals surface area contributed by atoms with E-state index in [9.17, 15) is 0 Å². The predicted molar refractivity (Wildman–Crippen MR) is 85.4 cm³/mol. The number of aliphatic hydroxyl groups is 1. The minimum Gasteiger partial charge on any atom is -0.493 e. The van der Waals surface area contributed by atoms with Crippen LogP contribution in [0.1, 0.15) is 37.7 Å². The fraction of sp³-hybridized carbons (Fsp3) is 0.647. The third kappa shape index (κ3) is 4.99. The monoisotopic (exact) mass is 292 g/mol. The normalized spacial score (nSPS) is 19.0. The number of para-hydroxylation sites is 1. The van der Waals surface area contributed by atoms with Crippen LogP contribution in [0.3, 0.4) is 0 Å². The van der Waals surface area contributed by atoms with Crippen LogP contribution in [0, 0.1) is 0 Å². The molecule has 1 saturated heterocycles. The van der Waals surface area contributed by atoms with E-state index in [1.54, 1.807) is 0 Å². The maximum absolute atomic E-state index is 8.95. The van der Waals surface area contributed by atoms with E-state index in [1.165, 1.54) is 19.4 Å². The van der Waals surface area contributed by atoms with Gasteiger partial charge in [0.2, 0.25) is 0 Å². The van der Waals surface area contributed by atoms with Crippen LogP contribution in [0.4, 0.5) is 0 Å². The summed E-state index contributed by atoms with van der Waals surface area (Å²) in [5.41, 5.74) is 6.78. The second-order valence-corrected chi connectivity index (χ2v) is 5.71. The van der Waals surface area contributed by atoms with E-state index >= 15 is 0 Å². The Hall–Kier alpha value is -1.10. The number of hydrogen-bond donors (Lipinski definition) is 2. The Balaban J connectivity index is 1.69. The molecule has 1 aliphatic rings. The summed E-state index contributed by atoms with van der Waals surface area (Å²) in [6.07, 6.45) is 5.63. The van der Waals surface area contributed by atoms with Gasteiger partial charge in [0.15, 0.2) is 0 Å². The van der Waals surface area contributed by atoms with Crippen LogP contribution in [-0.2, 0) is 6.54 Å². The lowest BCUT2D eigenvalue weighted by Crippen LogP contribution is -2.31. The Morgan fingerprint density at radius 3 is 2.95 bits per heavy atom. The highest BCUT2D eigenvalue weighted by Crippen LogP contribution is 2.22. The highest BCUT2D eigenvalue weighted by atomic mass is 16.5. The minimum atomic E-state index is 0.309. The molecule has 0 aliphatic carbocycles. The molecule has 0 aromatic heterocycles. The van der Waals surface area contributed by atoms with Crippen molar-refractivity contribution in [2.45, 2.75) is 44.7 Å². The molecule has 1 heterocycles. The van der Waals surface area contributed by atoms with Gasteiger partial charge in [0.25, 0.3) is 0 Å². The van der Waals surface area contributed by atoms with Crippen LogP contribution in [0.5, 0.6) is 5.75 Å². The molecule has 0 spiro atoms. The number of ether oxygens (including phenoxy) is 1. The van der Waals surface area contributed by atoms with E-state index in [0.29, 0.717) is 19.2 Å². The van der Waals surface area contributed by atoms with E-state index in [0.717, 1.165) is 43.7 Å². The first-order chi connectivity index (χ1) is 10.3. The molecule has 2 rings (SSSR count). The number of rotatable bonds is 9. The van der Waals surface area contributed by atoms with Crippen molar-refractivity contribution in [2.24, 2.45) is 5.73 Å². The summed E-state index contributed by atoms with van der Waals surface area (Å²) in [5.74, 6) is 0.915. The first-order valence-electron chi connectivity index (χ1n) is 8.11. The Morgan fingerprint density at radius 2 is 2.14 bits per heavy atom. The summed E-state index contributed by atoms with van der Waals surface area (Å²) >= 11 is 0. The van der Waals surface area contributed by atoms with E-state index in [4.69, 9.17) is 15.6 Å². The SMILES string of the molecule is NCc1ccccc1OCCCN1CCCC1CCCO. The van der Waals surface area contributed by atoms with Gasteiger partial charge >= 0.3 is 0 Å². The minimum absolute atomic E-state index is 0.309. The molecule has 0 amide bonds. The first-order valence-corrected chi connectivity index (χ1v) is 8.11. The van der Waals surface area contributed by atoms with Gasteiger partial charge in [0, 0.05) is 31.3 Å². The van der Waals surface area contributed by atoms with Gasteiger partial charge in [0.1, 0.15) is 5.75 Å². The molecule has 1 fully saturated rings. The summed E-state index contributed by atoms with van der Waals surface area (Å²) in [4.78, 5) is 2.55. The molecule has 0 radical (unpaired) electrons. The van der Waals surface area contributed by atoms with E-state index in [-0.39, 0.29) is 0 Å². The third-order valence-electron chi connectivity index (χ3n) is 4.23. The lowest BCUT2D eigenvalue weighted by molar-refractivity contribution is 0.198. The van der Waals surface area contributed by atoms with Crippen LogP contribution in [0.15, 0.2) is 24.3 Å². The standard InChI is InChI=1S/C17H28N2O2/c18-14-15-6-1-2-9-17(15)21-13-5-11-19-10-3-7-16(19)8-4-12-20/h1-2,6,9,16,20H,3-5,7-8,10-14,18H2. The lowest BCUT2D eigenvalue weighted by Gasteiger charge is -2.24. The zero-order chi connectivity index (χ0) is 14.9. The van der Waals surface area contributed by atoms with Crippen molar-refractivity contribution in [3.63, 3.8) is 0 Å². The van der Waals surface area contributed by atoms with Crippen molar-refractivity contribution in [1.82, 2.24) is 4.90 Å². The lowest BCUT2D eigenvalue weighted by atomic mass is 10.1. The number of aliphatic hydroxyl groups excluding tert-OH is 1. The number of nitrogens with zero attached hydrogens (tertiary/aromatic N) is 1. The number of hydrogen-bond acceptors (Lipinski definition) is 4. The van der Waals surface area contributed by atoms with Crippen molar-refractivity contribution in [3.8, 4) is 5.75 Å². The van der Waals surface area contributed by atoms with Gasteiger partial charge in [0.05, 0.1) is 6.61 Å². The molecule has 1 unspecified atom stereocenters. The Labute approximate surface area is 127 Å². The molecule has 1 aromatic carbocycles. The fourth-order valence-electron chi connectivity index (χ4n) is 3.11. The van der Waals surface area contributed by atoms with Crippen LogP contribution < -0.4 is 10.5 Å². The molecule has 1 aliphatic heterocycles. The molecular weight excluding hydrogens is 264 g/mol. The van der Waals surface area contributed by atoms with Crippen LogP contribution >= 0.6 is 0 Å². The molecule has 4 nitrogen and oxygen atoms in total. The van der Waals surface area contributed by atoms with Gasteiger partial charge < -0.3 is 20.5 Å². The highest BCUT2D eigenvalue weighted by Gasteiger charge is 2.23. The number of nitrogens with two attached hydrogens (primary N) is 1. The van der Waals surface area contributed by atoms with E-state index < -0.39 is 0 Å². The number of benzene rings is 1. The summed E-state index contributed by atoms with van der Waals surface area (Å²) < 4.78 is 5.86. The highest BCUT2D eigenvalue weighted by molar-refractivity contribution is 5.32. The zero-order valence-corrected chi connectivity index (χ0v) is 12.8. The van der Waals surface area contributed by atoms with E-state index in [2.05, 4.69) is 4.90 Å². The van der Waals surface area contributed by atoms with Gasteiger partial charge in [-0.1, -0.05) is 18.2 Å². The summed E-state index contributed by atoms with van der Waals surface area (Å²) in [6, 6.07) is 8.64. The molecule has 118 valence electrons. The quantitative estimate of drug-likeness (QED) is 0.685. The van der Waals surface area contributed by atoms with Crippen molar-refractivity contribution in [3.05, 3.63) is 29.8 Å². The molecule has 0 bridgehead atoms. The molecule has 1 atom stereocenters. The van der Waals surface area contributed by atoms with Gasteiger partial charge in [-0.25, -0.2) is 0 Å². The summed E-state index contributed by atoms with van der Waals surface area (Å²) in [6.45, 7) is 3.84. The predicted octanol–water partition coefficient (Wildman–Crippen LogP) is 2.15. The molecule has 3 N–H and O–H groups in total. The fourth-order valence-corrected chi connectivity index (χ4v) is 3.11. The molecule has 1 aromatic rings. The summed E-state index contributed by atoms with van der Waals surface area (Å²) in [7, 11) is 0. The Morgan fingerprint density at radius 1 is 1.29 bits per heavy atom. The average Bonchev–Trinajstić information content (AvgIpc) is 2.97. The Kier molecular flexibility index (Phi) is 7.00.